The molecule has 4 nitrogen and oxygen atoms in total. The SMILES string of the molecule is CCCc1cc(C(OCOC)(C(F)(F)F)C(F)(F)F)ccc1Oc1ccc(C(C)=O)c(C)c1. The van der Waals surface area contributed by atoms with Crippen molar-refractivity contribution in [3.63, 3.8) is 0 Å². The van der Waals surface area contributed by atoms with Gasteiger partial charge < -0.3 is 14.2 Å². The predicted octanol–water partition coefficient (Wildman–Crippen LogP) is 6.88. The topological polar surface area (TPSA) is 44.8 Å². The van der Waals surface area contributed by atoms with Crippen molar-refractivity contribution in [2.24, 2.45) is 0 Å². The second kappa shape index (κ2) is 10.1. The normalized spacial score (nSPS) is 12.7. The number of ketones is 1. The van der Waals surface area contributed by atoms with Crippen LogP contribution in [-0.2, 0) is 21.5 Å². The third kappa shape index (κ3) is 5.50. The van der Waals surface area contributed by atoms with Crippen LogP contribution in [-0.4, -0.2) is 32.0 Å². The lowest BCUT2D eigenvalue weighted by Gasteiger charge is -2.37. The highest BCUT2D eigenvalue weighted by Crippen LogP contribution is 2.53. The van der Waals surface area contributed by atoms with Crippen molar-refractivity contribution in [2.75, 3.05) is 13.9 Å². The first kappa shape index (κ1) is 26.7. The van der Waals surface area contributed by atoms with Crippen molar-refractivity contribution in [1.82, 2.24) is 0 Å². The Hall–Kier alpha value is -2.59. The molecule has 10 heteroatoms. The van der Waals surface area contributed by atoms with E-state index in [4.69, 9.17) is 4.74 Å². The molecular formula is C23H24F6O4. The van der Waals surface area contributed by atoms with Gasteiger partial charge in [0.15, 0.2) is 5.78 Å². The number of ether oxygens (including phenoxy) is 3. The van der Waals surface area contributed by atoms with E-state index in [-0.39, 0.29) is 29.3 Å². The Morgan fingerprint density at radius 1 is 0.970 bits per heavy atom. The van der Waals surface area contributed by atoms with E-state index >= 15 is 0 Å². The minimum absolute atomic E-state index is 0.0977. The van der Waals surface area contributed by atoms with Crippen LogP contribution in [0.1, 0.15) is 47.3 Å². The Bertz CT molecular complexity index is 968. The van der Waals surface area contributed by atoms with Gasteiger partial charge in [-0.2, -0.15) is 26.3 Å². The number of benzene rings is 2. The molecule has 0 aliphatic heterocycles. The summed E-state index contributed by atoms with van der Waals surface area (Å²) in [6, 6.07) is 7.14. The molecule has 0 aliphatic carbocycles. The summed E-state index contributed by atoms with van der Waals surface area (Å²) in [7, 11) is 0.927. The third-order valence-corrected chi connectivity index (χ3v) is 4.98. The van der Waals surface area contributed by atoms with Gasteiger partial charge in [-0.25, -0.2) is 0 Å². The lowest BCUT2D eigenvalue weighted by atomic mass is 9.89. The van der Waals surface area contributed by atoms with Crippen LogP contribution in [0.3, 0.4) is 0 Å². The highest BCUT2D eigenvalue weighted by atomic mass is 19.4. The van der Waals surface area contributed by atoms with Crippen molar-refractivity contribution in [3.05, 3.63) is 58.7 Å². The second-order valence-corrected chi connectivity index (χ2v) is 7.44. The fraction of sp³-hybridized carbons (Fsp3) is 0.435. The summed E-state index contributed by atoms with van der Waals surface area (Å²) >= 11 is 0. The van der Waals surface area contributed by atoms with Gasteiger partial charge in [0.05, 0.1) is 0 Å². The molecule has 0 unspecified atom stereocenters. The van der Waals surface area contributed by atoms with Crippen LogP contribution in [0.25, 0.3) is 0 Å². The van der Waals surface area contributed by atoms with E-state index < -0.39 is 30.3 Å². The fourth-order valence-electron chi connectivity index (χ4n) is 3.47. The maximum absolute atomic E-state index is 13.8. The number of hydrogen-bond donors (Lipinski definition) is 0. The predicted molar refractivity (Wildman–Crippen MR) is 108 cm³/mol. The minimum Gasteiger partial charge on any atom is -0.457 e. The first-order chi connectivity index (χ1) is 15.3. The van der Waals surface area contributed by atoms with E-state index in [1.807, 2.05) is 0 Å². The molecule has 2 aromatic carbocycles. The van der Waals surface area contributed by atoms with Crippen molar-refractivity contribution in [1.29, 1.82) is 0 Å². The van der Waals surface area contributed by atoms with Crippen LogP contribution in [0.5, 0.6) is 11.5 Å². The summed E-state index contributed by atoms with van der Waals surface area (Å²) < 4.78 is 97.4. The molecule has 0 radical (unpaired) electrons. The first-order valence-electron chi connectivity index (χ1n) is 9.97. The van der Waals surface area contributed by atoms with Crippen molar-refractivity contribution in [2.45, 2.75) is 51.6 Å². The second-order valence-electron chi connectivity index (χ2n) is 7.44. The summed E-state index contributed by atoms with van der Waals surface area (Å²) in [6.45, 7) is 3.60. The molecular weight excluding hydrogens is 454 g/mol. The molecule has 0 heterocycles. The van der Waals surface area contributed by atoms with Crippen LogP contribution >= 0.6 is 0 Å². The zero-order chi connectivity index (χ0) is 25.0. The number of Topliss-reactive ketones (excluding diaryl/α,β-unsaturated/α-hetero) is 1. The van der Waals surface area contributed by atoms with E-state index in [1.165, 1.54) is 19.1 Å². The zero-order valence-corrected chi connectivity index (χ0v) is 18.5. The first-order valence-corrected chi connectivity index (χ1v) is 9.97. The monoisotopic (exact) mass is 478 g/mol. The van der Waals surface area contributed by atoms with Gasteiger partial charge in [0.25, 0.3) is 5.60 Å². The summed E-state index contributed by atoms with van der Waals surface area (Å²) in [5, 5.41) is 0. The average molecular weight is 478 g/mol. The van der Waals surface area contributed by atoms with E-state index in [9.17, 15) is 31.1 Å². The molecule has 0 atom stereocenters. The van der Waals surface area contributed by atoms with E-state index in [1.54, 1.807) is 19.9 Å². The highest BCUT2D eigenvalue weighted by Gasteiger charge is 2.73. The number of hydrogen-bond acceptors (Lipinski definition) is 4. The largest absolute Gasteiger partial charge is 0.457 e. The van der Waals surface area contributed by atoms with E-state index in [0.717, 1.165) is 19.2 Å². The molecule has 0 fully saturated rings. The van der Waals surface area contributed by atoms with Gasteiger partial charge in [-0.3, -0.25) is 4.79 Å². The van der Waals surface area contributed by atoms with Gasteiger partial charge in [-0.05, 0) is 61.7 Å². The van der Waals surface area contributed by atoms with Gasteiger partial charge in [0.1, 0.15) is 18.3 Å². The Morgan fingerprint density at radius 2 is 1.61 bits per heavy atom. The van der Waals surface area contributed by atoms with E-state index in [0.29, 0.717) is 23.6 Å². The Labute approximate surface area is 187 Å². The summed E-state index contributed by atoms with van der Waals surface area (Å²) in [5.41, 5.74) is -4.46. The number of aryl methyl sites for hydroxylation is 2. The summed E-state index contributed by atoms with van der Waals surface area (Å²) in [5.74, 6) is 0.235. The van der Waals surface area contributed by atoms with Gasteiger partial charge in [-0.15, -0.1) is 0 Å². The molecule has 0 saturated carbocycles. The minimum atomic E-state index is -5.81. The van der Waals surface area contributed by atoms with E-state index in [2.05, 4.69) is 9.47 Å². The maximum Gasteiger partial charge on any atom is 0.430 e. The number of methoxy groups -OCH3 is 1. The number of rotatable bonds is 9. The van der Waals surface area contributed by atoms with Gasteiger partial charge in [-0.1, -0.05) is 19.4 Å². The Kier molecular flexibility index (Phi) is 8.18. The third-order valence-electron chi connectivity index (χ3n) is 4.98. The Morgan fingerprint density at radius 3 is 2.09 bits per heavy atom. The lowest BCUT2D eigenvalue weighted by molar-refractivity contribution is -0.400. The molecule has 2 aromatic rings. The molecule has 182 valence electrons. The molecule has 0 N–H and O–H groups in total. The number of carbonyl (C=O) groups excluding carboxylic acids is 1. The van der Waals surface area contributed by atoms with Gasteiger partial charge >= 0.3 is 12.4 Å². The Balaban J connectivity index is 2.59. The molecule has 0 amide bonds. The van der Waals surface area contributed by atoms with Crippen LogP contribution in [0.15, 0.2) is 36.4 Å². The number of halogens is 6. The van der Waals surface area contributed by atoms with Gasteiger partial charge in [0.2, 0.25) is 0 Å². The standard InChI is InChI=1S/C23H24F6O4/c1-5-6-16-12-17(21(22(24,25)26,23(27,28)29)32-13-31-4)7-10-20(16)33-18-8-9-19(15(3)30)14(2)11-18/h7-12H,5-6,13H2,1-4H3. The van der Waals surface area contributed by atoms with Crippen LogP contribution in [0.2, 0.25) is 0 Å². The van der Waals surface area contributed by atoms with Gasteiger partial charge in [0, 0.05) is 18.2 Å². The maximum atomic E-state index is 13.8. The van der Waals surface area contributed by atoms with Crippen LogP contribution < -0.4 is 4.74 Å². The van der Waals surface area contributed by atoms with Crippen molar-refractivity contribution in [3.8, 4) is 11.5 Å². The molecule has 33 heavy (non-hydrogen) atoms. The number of alkyl halides is 6. The zero-order valence-electron chi connectivity index (χ0n) is 18.5. The molecule has 0 aliphatic rings. The van der Waals surface area contributed by atoms with Crippen LogP contribution in [0.4, 0.5) is 26.3 Å². The highest BCUT2D eigenvalue weighted by molar-refractivity contribution is 5.95. The lowest BCUT2D eigenvalue weighted by Crippen LogP contribution is -2.56. The molecule has 0 aromatic heterocycles. The summed E-state index contributed by atoms with van der Waals surface area (Å²) in [6.07, 6.45) is -11.0. The molecule has 0 saturated heterocycles. The van der Waals surface area contributed by atoms with Crippen molar-refractivity contribution < 1.29 is 45.3 Å². The quantitative estimate of drug-likeness (QED) is 0.224. The summed E-state index contributed by atoms with van der Waals surface area (Å²) in [4.78, 5) is 11.6. The molecule has 2 rings (SSSR count). The molecule has 0 bridgehead atoms. The number of carbonyl (C=O) groups is 1. The molecule has 0 spiro atoms. The smallest absolute Gasteiger partial charge is 0.430 e. The fourth-order valence-corrected chi connectivity index (χ4v) is 3.47. The van der Waals surface area contributed by atoms with Crippen LogP contribution in [0, 0.1) is 6.92 Å². The van der Waals surface area contributed by atoms with Crippen molar-refractivity contribution >= 4 is 5.78 Å². The average Bonchev–Trinajstić information content (AvgIpc) is 2.68.